The predicted octanol–water partition coefficient (Wildman–Crippen LogP) is 4.56. The first-order chi connectivity index (χ1) is 17.3. The second kappa shape index (κ2) is 11.2. The molecule has 192 valence electrons. The highest BCUT2D eigenvalue weighted by molar-refractivity contribution is 6.46. The van der Waals surface area contributed by atoms with Gasteiger partial charge < -0.3 is 24.4 Å². The van der Waals surface area contributed by atoms with E-state index in [1.165, 1.54) is 0 Å². The van der Waals surface area contributed by atoms with Gasteiger partial charge in [0.2, 0.25) is 0 Å². The minimum atomic E-state index is -0.690. The molecule has 0 aromatic heterocycles. The number of benzene rings is 2. The van der Waals surface area contributed by atoms with Crippen LogP contribution < -0.4 is 9.47 Å². The molecule has 2 aliphatic heterocycles. The first-order valence-electron chi connectivity index (χ1n) is 12.8. The van der Waals surface area contributed by atoms with Gasteiger partial charge in [-0.3, -0.25) is 9.59 Å². The molecule has 1 N–H and O–H groups in total. The number of aliphatic hydroxyl groups excluding tert-OH is 1. The zero-order chi connectivity index (χ0) is 25.8. The third kappa shape index (κ3) is 5.41. The minimum Gasteiger partial charge on any atom is -0.507 e. The number of ketones is 1. The summed E-state index contributed by atoms with van der Waals surface area (Å²) in [6.07, 6.45) is 3.47. The number of amides is 1. The summed E-state index contributed by atoms with van der Waals surface area (Å²) in [4.78, 5) is 30.1. The molecule has 2 aromatic rings. The Bertz CT molecular complexity index is 1160. The average Bonchev–Trinajstić information content (AvgIpc) is 3.34. The largest absolute Gasteiger partial charge is 0.507 e. The Labute approximate surface area is 213 Å². The van der Waals surface area contributed by atoms with E-state index < -0.39 is 17.7 Å². The first kappa shape index (κ1) is 25.8. The highest BCUT2D eigenvalue weighted by atomic mass is 16.5. The zero-order valence-corrected chi connectivity index (χ0v) is 21.6. The van der Waals surface area contributed by atoms with Crippen LogP contribution in [0.15, 0.2) is 48.0 Å². The van der Waals surface area contributed by atoms with Gasteiger partial charge in [-0.15, -0.1) is 0 Å². The van der Waals surface area contributed by atoms with Gasteiger partial charge in [0.15, 0.2) is 0 Å². The van der Waals surface area contributed by atoms with Crippen LogP contribution in [0.3, 0.4) is 0 Å². The third-order valence-corrected chi connectivity index (χ3v) is 6.65. The summed E-state index contributed by atoms with van der Waals surface area (Å²) < 4.78 is 11.7. The number of aliphatic hydroxyl groups is 1. The monoisotopic (exact) mass is 492 g/mol. The second-order valence-electron chi connectivity index (χ2n) is 9.88. The fraction of sp³-hybridized carbons (Fsp3) is 0.448. The number of unbranched alkanes of at least 4 members (excludes halogenated alkanes) is 1. The number of nitrogens with zero attached hydrogens (tertiary/aromatic N) is 2. The maximum atomic E-state index is 13.3. The summed E-state index contributed by atoms with van der Waals surface area (Å²) in [5, 5.41) is 11.4. The van der Waals surface area contributed by atoms with Gasteiger partial charge >= 0.3 is 0 Å². The van der Waals surface area contributed by atoms with Crippen molar-refractivity contribution in [3.8, 4) is 11.5 Å². The van der Waals surface area contributed by atoms with E-state index in [9.17, 15) is 14.7 Å². The molecule has 7 nitrogen and oxygen atoms in total. The van der Waals surface area contributed by atoms with Gasteiger partial charge in [0.05, 0.1) is 18.2 Å². The minimum absolute atomic E-state index is 0.0649. The molecule has 2 aromatic carbocycles. The standard InChI is InChI=1S/C29H36N2O5/c1-5-6-15-35-23-10-7-9-20(18-23)26-25(28(33)29(34)31(26)14-8-13-30(3)4)27(32)21-11-12-24-22(17-21)16-19(2)36-24/h7,9-12,17-19,26,32H,5-6,8,13-16H2,1-4H3/t19-,26+/m1/s1. The number of ether oxygens (including phenoxy) is 2. The van der Waals surface area contributed by atoms with Gasteiger partial charge in [0, 0.05) is 18.5 Å². The lowest BCUT2D eigenvalue weighted by Gasteiger charge is -2.26. The van der Waals surface area contributed by atoms with E-state index in [0.29, 0.717) is 30.9 Å². The molecule has 1 saturated heterocycles. The lowest BCUT2D eigenvalue weighted by molar-refractivity contribution is -0.139. The first-order valence-corrected chi connectivity index (χ1v) is 12.8. The number of likely N-dealkylation sites (tertiary alicyclic amines) is 1. The summed E-state index contributed by atoms with van der Waals surface area (Å²) in [5.74, 6) is 0.0637. The van der Waals surface area contributed by atoms with Gasteiger partial charge in [-0.1, -0.05) is 25.5 Å². The Morgan fingerprint density at radius 1 is 1.17 bits per heavy atom. The van der Waals surface area contributed by atoms with E-state index in [1.54, 1.807) is 11.0 Å². The van der Waals surface area contributed by atoms with Crippen molar-refractivity contribution in [3.63, 3.8) is 0 Å². The Morgan fingerprint density at radius 3 is 2.72 bits per heavy atom. The van der Waals surface area contributed by atoms with Crippen molar-refractivity contribution in [2.75, 3.05) is 33.8 Å². The predicted molar refractivity (Wildman–Crippen MR) is 139 cm³/mol. The molecule has 0 unspecified atom stereocenters. The Balaban J connectivity index is 1.75. The fourth-order valence-corrected chi connectivity index (χ4v) is 4.85. The van der Waals surface area contributed by atoms with Crippen LogP contribution in [0.4, 0.5) is 0 Å². The summed E-state index contributed by atoms with van der Waals surface area (Å²) in [5.41, 5.74) is 2.35. The van der Waals surface area contributed by atoms with Crippen molar-refractivity contribution in [3.05, 3.63) is 64.7 Å². The highest BCUT2D eigenvalue weighted by Crippen LogP contribution is 2.41. The molecule has 0 spiro atoms. The molecule has 2 atom stereocenters. The molecule has 2 aliphatic rings. The summed E-state index contributed by atoms with van der Waals surface area (Å²) in [6, 6.07) is 12.2. The lowest BCUT2D eigenvalue weighted by atomic mass is 9.94. The van der Waals surface area contributed by atoms with E-state index in [0.717, 1.165) is 42.7 Å². The van der Waals surface area contributed by atoms with Crippen LogP contribution in [-0.2, 0) is 16.0 Å². The van der Waals surface area contributed by atoms with Crippen LogP contribution in [-0.4, -0.2) is 66.5 Å². The Morgan fingerprint density at radius 2 is 1.97 bits per heavy atom. The summed E-state index contributed by atoms with van der Waals surface area (Å²) in [7, 11) is 3.95. The lowest BCUT2D eigenvalue weighted by Crippen LogP contribution is -2.32. The molecule has 7 heteroatoms. The fourth-order valence-electron chi connectivity index (χ4n) is 4.85. The van der Waals surface area contributed by atoms with Crippen molar-refractivity contribution in [1.82, 2.24) is 9.80 Å². The number of hydrogen-bond donors (Lipinski definition) is 1. The normalized spacial score (nSPS) is 20.6. The maximum absolute atomic E-state index is 13.3. The van der Waals surface area contributed by atoms with Crippen LogP contribution >= 0.6 is 0 Å². The van der Waals surface area contributed by atoms with Crippen LogP contribution in [0.5, 0.6) is 11.5 Å². The number of hydrogen-bond acceptors (Lipinski definition) is 6. The maximum Gasteiger partial charge on any atom is 0.295 e. The topological polar surface area (TPSA) is 79.3 Å². The van der Waals surface area contributed by atoms with E-state index in [1.807, 2.05) is 62.3 Å². The molecule has 0 radical (unpaired) electrons. The van der Waals surface area contributed by atoms with Crippen molar-refractivity contribution >= 4 is 17.4 Å². The van der Waals surface area contributed by atoms with Gasteiger partial charge in [0.1, 0.15) is 23.4 Å². The number of carbonyl (C=O) groups is 2. The van der Waals surface area contributed by atoms with Crippen molar-refractivity contribution in [2.45, 2.75) is 51.7 Å². The van der Waals surface area contributed by atoms with E-state index in [2.05, 4.69) is 6.92 Å². The third-order valence-electron chi connectivity index (χ3n) is 6.65. The molecule has 36 heavy (non-hydrogen) atoms. The van der Waals surface area contributed by atoms with Gasteiger partial charge in [-0.2, -0.15) is 0 Å². The number of fused-ring (bicyclic) bond motifs is 1. The molecule has 0 bridgehead atoms. The van der Waals surface area contributed by atoms with E-state index in [4.69, 9.17) is 9.47 Å². The summed E-state index contributed by atoms with van der Waals surface area (Å²) in [6.45, 7) is 5.87. The second-order valence-corrected chi connectivity index (χ2v) is 9.88. The van der Waals surface area contributed by atoms with Crippen molar-refractivity contribution < 1.29 is 24.2 Å². The Hall–Kier alpha value is -3.32. The van der Waals surface area contributed by atoms with Crippen molar-refractivity contribution in [2.24, 2.45) is 0 Å². The molecule has 2 heterocycles. The van der Waals surface area contributed by atoms with Crippen LogP contribution in [0.25, 0.3) is 5.76 Å². The van der Waals surface area contributed by atoms with E-state index >= 15 is 0 Å². The highest BCUT2D eigenvalue weighted by Gasteiger charge is 2.46. The Kier molecular flexibility index (Phi) is 7.99. The van der Waals surface area contributed by atoms with Crippen LogP contribution in [0.2, 0.25) is 0 Å². The van der Waals surface area contributed by atoms with E-state index in [-0.39, 0.29) is 17.4 Å². The van der Waals surface area contributed by atoms with Gasteiger partial charge in [-0.05, 0) is 81.9 Å². The molecule has 1 fully saturated rings. The molecule has 0 aliphatic carbocycles. The SMILES string of the molecule is CCCCOc1cccc([C@H]2C(=C(O)c3ccc4c(c3)C[C@@H](C)O4)C(=O)C(=O)N2CCCN(C)C)c1. The zero-order valence-electron chi connectivity index (χ0n) is 21.6. The molecule has 4 rings (SSSR count). The molecule has 0 saturated carbocycles. The molecule has 1 amide bonds. The molecular formula is C29H36N2O5. The quantitative estimate of drug-likeness (QED) is 0.227. The average molecular weight is 493 g/mol. The number of Topliss-reactive ketones (excluding diaryl/α,β-unsaturated/α-hetero) is 1. The van der Waals surface area contributed by atoms with Gasteiger partial charge in [0.25, 0.3) is 11.7 Å². The van der Waals surface area contributed by atoms with Crippen LogP contribution in [0.1, 0.15) is 55.8 Å². The van der Waals surface area contributed by atoms with Crippen molar-refractivity contribution in [1.29, 1.82) is 0 Å². The number of rotatable bonds is 10. The van der Waals surface area contributed by atoms with Gasteiger partial charge in [-0.25, -0.2) is 0 Å². The molecular weight excluding hydrogens is 456 g/mol. The smallest absolute Gasteiger partial charge is 0.295 e. The van der Waals surface area contributed by atoms with Crippen LogP contribution in [0, 0.1) is 0 Å². The summed E-state index contributed by atoms with van der Waals surface area (Å²) >= 11 is 0. The number of carbonyl (C=O) groups excluding carboxylic acids is 2.